The molecule has 124 valence electrons. The third-order valence-electron chi connectivity index (χ3n) is 3.63. The Balaban J connectivity index is 1.77. The van der Waals surface area contributed by atoms with Crippen LogP contribution in [-0.4, -0.2) is 43.8 Å². The highest BCUT2D eigenvalue weighted by Crippen LogP contribution is 2.17. The zero-order valence-corrected chi connectivity index (χ0v) is 13.5. The first kappa shape index (κ1) is 16.1. The molecule has 0 aliphatic carbocycles. The van der Waals surface area contributed by atoms with E-state index in [1.54, 1.807) is 24.7 Å². The minimum Gasteiger partial charge on any atom is -0.331 e. The number of hydrazone groups is 1. The van der Waals surface area contributed by atoms with E-state index in [1.807, 2.05) is 28.0 Å². The minimum absolute atomic E-state index is 0.346. The van der Waals surface area contributed by atoms with Gasteiger partial charge in [-0.1, -0.05) is 23.7 Å². The molecule has 9 heteroatoms. The summed E-state index contributed by atoms with van der Waals surface area (Å²) in [5.74, 6) is 0.346. The number of hydrogen-bond donors (Lipinski definition) is 0. The maximum Gasteiger partial charge on any atom is 0.274 e. The van der Waals surface area contributed by atoms with Crippen molar-refractivity contribution in [1.82, 2.24) is 19.8 Å². The summed E-state index contributed by atoms with van der Waals surface area (Å²) in [6, 6.07) is 7.32. The quantitative estimate of drug-likeness (QED) is 0.467. The maximum atomic E-state index is 10.9. The Labute approximate surface area is 143 Å². The molecule has 24 heavy (non-hydrogen) atoms. The van der Waals surface area contributed by atoms with Crippen molar-refractivity contribution < 1.29 is 5.03 Å². The van der Waals surface area contributed by atoms with Gasteiger partial charge in [-0.3, -0.25) is 4.98 Å². The first-order valence-electron chi connectivity index (χ1n) is 7.34. The molecule has 2 aromatic heterocycles. The van der Waals surface area contributed by atoms with Crippen LogP contribution in [0.4, 0.5) is 0 Å². The molecule has 0 amide bonds. The van der Waals surface area contributed by atoms with Crippen LogP contribution in [0.25, 0.3) is 0 Å². The molecular formula is C15H15ClN6O2. The lowest BCUT2D eigenvalue weighted by molar-refractivity contribution is -0.486. The Hall–Kier alpha value is -2.74. The molecule has 8 nitrogen and oxygen atoms in total. The Bertz CT molecular complexity index is 737. The minimum atomic E-state index is -0.663. The first-order chi connectivity index (χ1) is 11.6. The van der Waals surface area contributed by atoms with E-state index in [4.69, 9.17) is 11.6 Å². The second-order valence-corrected chi connectivity index (χ2v) is 5.72. The number of rotatable bonds is 5. The van der Waals surface area contributed by atoms with Crippen LogP contribution in [0.15, 0.2) is 48.0 Å². The normalized spacial score (nSPS) is 16.0. The van der Waals surface area contributed by atoms with E-state index < -0.39 is 5.03 Å². The van der Waals surface area contributed by atoms with Gasteiger partial charge in [0.05, 0.1) is 0 Å². The summed E-state index contributed by atoms with van der Waals surface area (Å²) in [7, 11) is 0. The highest BCUT2D eigenvalue weighted by atomic mass is 35.5. The molecule has 0 spiro atoms. The Kier molecular flexibility index (Phi) is 4.85. The summed E-state index contributed by atoms with van der Waals surface area (Å²) in [5.41, 5.74) is 1.89. The van der Waals surface area contributed by atoms with Crippen LogP contribution < -0.4 is 0 Å². The van der Waals surface area contributed by atoms with Gasteiger partial charge < -0.3 is 9.80 Å². The number of guanidine groups is 1. The molecule has 1 aliphatic heterocycles. The van der Waals surface area contributed by atoms with Gasteiger partial charge in [0.2, 0.25) is 0 Å². The summed E-state index contributed by atoms with van der Waals surface area (Å²) >= 11 is 5.79. The molecule has 1 aliphatic rings. The molecule has 0 aromatic carbocycles. The van der Waals surface area contributed by atoms with E-state index in [-0.39, 0.29) is 0 Å². The predicted molar refractivity (Wildman–Crippen MR) is 88.7 cm³/mol. The van der Waals surface area contributed by atoms with Gasteiger partial charge in [0.15, 0.2) is 5.03 Å². The van der Waals surface area contributed by atoms with Crippen molar-refractivity contribution in [3.8, 4) is 0 Å². The van der Waals surface area contributed by atoms with Crippen molar-refractivity contribution in [1.29, 1.82) is 0 Å². The van der Waals surface area contributed by atoms with Crippen LogP contribution in [0.3, 0.4) is 0 Å². The molecule has 0 atom stereocenters. The molecule has 3 rings (SSSR count). The van der Waals surface area contributed by atoms with Crippen molar-refractivity contribution in [2.75, 3.05) is 13.1 Å². The molecular weight excluding hydrogens is 332 g/mol. The zero-order valence-electron chi connectivity index (χ0n) is 12.7. The van der Waals surface area contributed by atoms with Gasteiger partial charge in [-0.05, 0) is 23.3 Å². The number of aromatic nitrogens is 2. The van der Waals surface area contributed by atoms with E-state index in [0.717, 1.165) is 11.1 Å². The van der Waals surface area contributed by atoms with Gasteiger partial charge in [0, 0.05) is 44.8 Å². The molecule has 0 radical (unpaired) electrons. The third-order valence-corrected chi connectivity index (χ3v) is 3.86. The summed E-state index contributed by atoms with van der Waals surface area (Å²) in [6.45, 7) is 2.31. The number of pyridine rings is 2. The lowest BCUT2D eigenvalue weighted by atomic mass is 10.2. The lowest BCUT2D eigenvalue weighted by Gasteiger charge is -2.20. The van der Waals surface area contributed by atoms with Gasteiger partial charge >= 0.3 is 0 Å². The fraction of sp³-hybridized carbons (Fsp3) is 0.267. The number of nitro groups is 1. The predicted octanol–water partition coefficient (Wildman–Crippen LogP) is 2.00. The Morgan fingerprint density at radius 1 is 1.17 bits per heavy atom. The van der Waals surface area contributed by atoms with Crippen molar-refractivity contribution in [3.05, 3.63) is 69.3 Å². The van der Waals surface area contributed by atoms with Gasteiger partial charge in [0.25, 0.3) is 5.96 Å². The average molecular weight is 347 g/mol. The van der Waals surface area contributed by atoms with Gasteiger partial charge in [-0.2, -0.15) is 0 Å². The third kappa shape index (κ3) is 3.96. The number of hydrogen-bond acceptors (Lipinski definition) is 4. The lowest BCUT2D eigenvalue weighted by Crippen LogP contribution is -2.34. The Morgan fingerprint density at radius 2 is 1.88 bits per heavy atom. The standard InChI is InChI=1S/C15H15ClN6O2/c16-14-4-3-13(9-18-14)11-21-7-6-20(15(21)19-22(23)24)10-12-2-1-5-17-8-12/h1-5,8-9H,6-7,10-11H2/b19-15+. The highest BCUT2D eigenvalue weighted by Gasteiger charge is 2.29. The summed E-state index contributed by atoms with van der Waals surface area (Å²) in [5, 5.41) is 14.2. The maximum absolute atomic E-state index is 10.9. The summed E-state index contributed by atoms with van der Waals surface area (Å²) < 4.78 is 0. The van der Waals surface area contributed by atoms with Crippen molar-refractivity contribution in [3.63, 3.8) is 0 Å². The van der Waals surface area contributed by atoms with Gasteiger partial charge in [-0.15, -0.1) is 0 Å². The molecule has 0 saturated carbocycles. The molecule has 0 N–H and O–H groups in total. The van der Waals surface area contributed by atoms with E-state index in [0.29, 0.717) is 37.3 Å². The van der Waals surface area contributed by atoms with Gasteiger partial charge in [-0.25, -0.2) is 15.1 Å². The molecule has 3 heterocycles. The molecule has 0 bridgehead atoms. The van der Waals surface area contributed by atoms with E-state index in [9.17, 15) is 10.1 Å². The van der Waals surface area contributed by atoms with E-state index in [1.165, 1.54) is 0 Å². The van der Waals surface area contributed by atoms with Gasteiger partial charge in [0.1, 0.15) is 10.3 Å². The molecule has 2 aromatic rings. The van der Waals surface area contributed by atoms with E-state index in [2.05, 4.69) is 15.1 Å². The topological polar surface area (TPSA) is 87.8 Å². The summed E-state index contributed by atoms with van der Waals surface area (Å²) in [6.07, 6.45) is 5.10. The second-order valence-electron chi connectivity index (χ2n) is 5.33. The number of nitrogens with zero attached hydrogens (tertiary/aromatic N) is 6. The van der Waals surface area contributed by atoms with Crippen LogP contribution in [0.1, 0.15) is 11.1 Å². The molecule has 1 fully saturated rings. The summed E-state index contributed by atoms with van der Waals surface area (Å²) in [4.78, 5) is 22.8. The van der Waals surface area contributed by atoms with Crippen LogP contribution in [0, 0.1) is 10.1 Å². The van der Waals surface area contributed by atoms with Crippen LogP contribution in [0.5, 0.6) is 0 Å². The first-order valence-corrected chi connectivity index (χ1v) is 7.72. The monoisotopic (exact) mass is 346 g/mol. The van der Waals surface area contributed by atoms with Crippen molar-refractivity contribution >= 4 is 17.6 Å². The number of halogens is 1. The fourth-order valence-electron chi connectivity index (χ4n) is 2.57. The Morgan fingerprint density at radius 3 is 2.42 bits per heavy atom. The second kappa shape index (κ2) is 7.22. The van der Waals surface area contributed by atoms with E-state index >= 15 is 0 Å². The average Bonchev–Trinajstić information content (AvgIpc) is 2.92. The molecule has 0 unspecified atom stereocenters. The molecule has 1 saturated heterocycles. The van der Waals surface area contributed by atoms with Crippen LogP contribution in [-0.2, 0) is 13.1 Å². The smallest absolute Gasteiger partial charge is 0.274 e. The van der Waals surface area contributed by atoms with Crippen LogP contribution in [0.2, 0.25) is 5.15 Å². The zero-order chi connectivity index (χ0) is 16.9. The largest absolute Gasteiger partial charge is 0.331 e. The SMILES string of the molecule is O=[N+]([O-])/N=C1\N(Cc2cccnc2)CCN1Cc1ccc(Cl)nc1. The highest BCUT2D eigenvalue weighted by molar-refractivity contribution is 6.29. The van der Waals surface area contributed by atoms with Crippen LogP contribution >= 0.6 is 11.6 Å². The fourth-order valence-corrected chi connectivity index (χ4v) is 2.68. The van der Waals surface area contributed by atoms with Crippen molar-refractivity contribution in [2.45, 2.75) is 13.1 Å². The van der Waals surface area contributed by atoms with Crippen molar-refractivity contribution in [2.24, 2.45) is 5.10 Å².